The minimum Gasteiger partial charge on any atom is -0.291 e. The average molecular weight is 84.1 g/mol. The molecule has 1 heterocycles. The summed E-state index contributed by atoms with van der Waals surface area (Å²) in [5, 5.41) is 3.10. The predicted octanol–water partition coefficient (Wildman–Crippen LogP) is 0.00640. The lowest BCUT2D eigenvalue weighted by atomic mass is 10.6. The zero-order valence-corrected chi connectivity index (χ0v) is 3.81. The normalized spacial score (nSPS) is 31.8. The highest BCUT2D eigenvalue weighted by molar-refractivity contribution is 5.61. The van der Waals surface area contributed by atoms with Crippen molar-refractivity contribution < 1.29 is 0 Å². The van der Waals surface area contributed by atoms with Crippen molar-refractivity contribution in [2.45, 2.75) is 13.1 Å². The maximum absolute atomic E-state index is 4.00. The predicted molar refractivity (Wildman–Crippen MR) is 26.0 cm³/mol. The molecule has 1 rings (SSSR count). The molecule has 0 bridgehead atoms. The topological polar surface area (TPSA) is 24.4 Å². The fraction of sp³-hybridized carbons (Fsp3) is 0.750. The van der Waals surface area contributed by atoms with Gasteiger partial charge in [0.05, 0.1) is 6.17 Å². The number of hydrogen-bond acceptors (Lipinski definition) is 2. The van der Waals surface area contributed by atoms with Gasteiger partial charge in [-0.05, 0) is 6.92 Å². The Bertz CT molecular complexity index is 67.9. The van der Waals surface area contributed by atoms with Gasteiger partial charge >= 0.3 is 0 Å². The molecule has 1 unspecified atom stereocenters. The van der Waals surface area contributed by atoms with E-state index < -0.39 is 0 Å². The standard InChI is InChI=1S/C4H8N2/c1-4-5-2-3-6-4/h2,4,6H,3H2,1H3. The number of aliphatic imine (C=N–C) groups is 1. The molecule has 0 aromatic carbocycles. The molecule has 1 aliphatic heterocycles. The fourth-order valence-corrected chi connectivity index (χ4v) is 0.487. The Morgan fingerprint density at radius 2 is 2.83 bits per heavy atom. The van der Waals surface area contributed by atoms with E-state index in [4.69, 9.17) is 0 Å². The van der Waals surface area contributed by atoms with Gasteiger partial charge in [0, 0.05) is 12.8 Å². The third-order valence-corrected chi connectivity index (χ3v) is 0.834. The molecule has 0 amide bonds. The molecule has 1 N–H and O–H groups in total. The number of nitrogens with one attached hydrogen (secondary N) is 1. The second kappa shape index (κ2) is 1.39. The molecule has 1 aliphatic rings. The van der Waals surface area contributed by atoms with Crippen LogP contribution in [0.3, 0.4) is 0 Å². The molecule has 0 radical (unpaired) electrons. The Labute approximate surface area is 37.3 Å². The van der Waals surface area contributed by atoms with E-state index in [2.05, 4.69) is 10.3 Å². The average Bonchev–Trinajstić information content (AvgIpc) is 1.86. The summed E-state index contributed by atoms with van der Waals surface area (Å²) in [6, 6.07) is 0. The third kappa shape index (κ3) is 0.571. The first-order valence-electron chi connectivity index (χ1n) is 2.14. The van der Waals surface area contributed by atoms with Crippen molar-refractivity contribution in [2.75, 3.05) is 6.54 Å². The number of hydrogen-bond donors (Lipinski definition) is 1. The van der Waals surface area contributed by atoms with E-state index in [9.17, 15) is 0 Å². The zero-order chi connectivity index (χ0) is 4.41. The van der Waals surface area contributed by atoms with Crippen LogP contribution >= 0.6 is 0 Å². The summed E-state index contributed by atoms with van der Waals surface area (Å²) in [7, 11) is 0. The summed E-state index contributed by atoms with van der Waals surface area (Å²) in [6.45, 7) is 2.98. The molecular weight excluding hydrogens is 76.1 g/mol. The van der Waals surface area contributed by atoms with Crippen LogP contribution in [-0.2, 0) is 0 Å². The highest BCUT2D eigenvalue weighted by atomic mass is 15.1. The second-order valence-corrected chi connectivity index (χ2v) is 1.42. The van der Waals surface area contributed by atoms with Crippen LogP contribution in [0.2, 0.25) is 0 Å². The zero-order valence-electron chi connectivity index (χ0n) is 3.81. The number of nitrogens with zero attached hydrogens (tertiary/aromatic N) is 1. The van der Waals surface area contributed by atoms with Gasteiger partial charge in [-0.25, -0.2) is 0 Å². The van der Waals surface area contributed by atoms with Gasteiger partial charge in [-0.15, -0.1) is 0 Å². The van der Waals surface area contributed by atoms with Crippen molar-refractivity contribution in [3.8, 4) is 0 Å². The van der Waals surface area contributed by atoms with Crippen LogP contribution in [0, 0.1) is 0 Å². The molecule has 0 spiro atoms. The van der Waals surface area contributed by atoms with Gasteiger partial charge in [0.2, 0.25) is 0 Å². The van der Waals surface area contributed by atoms with E-state index >= 15 is 0 Å². The molecule has 0 saturated heterocycles. The summed E-state index contributed by atoms with van der Waals surface area (Å²) in [5.74, 6) is 0. The van der Waals surface area contributed by atoms with Crippen molar-refractivity contribution >= 4 is 6.21 Å². The van der Waals surface area contributed by atoms with Crippen LogP contribution in [0.4, 0.5) is 0 Å². The lowest BCUT2D eigenvalue weighted by Gasteiger charge is -1.93. The molecular formula is C4H8N2. The summed E-state index contributed by atoms with van der Waals surface area (Å²) in [5.41, 5.74) is 0. The van der Waals surface area contributed by atoms with Crippen molar-refractivity contribution in [3.05, 3.63) is 0 Å². The Balaban J connectivity index is 2.38. The smallest absolute Gasteiger partial charge is 0.0965 e. The van der Waals surface area contributed by atoms with E-state index in [0.29, 0.717) is 6.17 Å². The maximum atomic E-state index is 4.00. The summed E-state index contributed by atoms with van der Waals surface area (Å²) < 4.78 is 0. The van der Waals surface area contributed by atoms with Gasteiger partial charge in [0.25, 0.3) is 0 Å². The molecule has 6 heavy (non-hydrogen) atoms. The van der Waals surface area contributed by atoms with E-state index in [1.54, 1.807) is 0 Å². The monoisotopic (exact) mass is 84.1 g/mol. The van der Waals surface area contributed by atoms with Crippen LogP contribution < -0.4 is 5.32 Å². The van der Waals surface area contributed by atoms with Crippen LogP contribution in [0.1, 0.15) is 6.92 Å². The molecule has 0 fully saturated rings. The molecule has 0 saturated carbocycles. The maximum Gasteiger partial charge on any atom is 0.0965 e. The molecule has 0 aliphatic carbocycles. The molecule has 34 valence electrons. The Hall–Kier alpha value is -0.370. The second-order valence-electron chi connectivity index (χ2n) is 1.42. The molecule has 0 aromatic rings. The van der Waals surface area contributed by atoms with Crippen LogP contribution in [0.25, 0.3) is 0 Å². The van der Waals surface area contributed by atoms with Gasteiger partial charge in [0.1, 0.15) is 0 Å². The van der Waals surface area contributed by atoms with Crippen molar-refractivity contribution in [2.24, 2.45) is 4.99 Å². The molecule has 2 nitrogen and oxygen atoms in total. The van der Waals surface area contributed by atoms with Crippen LogP contribution in [0.5, 0.6) is 0 Å². The number of rotatable bonds is 0. The first-order chi connectivity index (χ1) is 2.89. The summed E-state index contributed by atoms with van der Waals surface area (Å²) in [6.07, 6.45) is 2.26. The lowest BCUT2D eigenvalue weighted by Crippen LogP contribution is -2.17. The van der Waals surface area contributed by atoms with E-state index in [0.717, 1.165) is 6.54 Å². The Kier molecular flexibility index (Phi) is 0.881. The first kappa shape index (κ1) is 3.81. The fourth-order valence-electron chi connectivity index (χ4n) is 0.487. The Morgan fingerprint density at radius 3 is 3.00 bits per heavy atom. The quantitative estimate of drug-likeness (QED) is 0.439. The third-order valence-electron chi connectivity index (χ3n) is 0.834. The summed E-state index contributed by atoms with van der Waals surface area (Å²) in [4.78, 5) is 4.00. The van der Waals surface area contributed by atoms with Crippen molar-refractivity contribution in [3.63, 3.8) is 0 Å². The van der Waals surface area contributed by atoms with Crippen molar-refractivity contribution in [1.29, 1.82) is 0 Å². The first-order valence-corrected chi connectivity index (χ1v) is 2.14. The highest BCUT2D eigenvalue weighted by Gasteiger charge is 1.97. The lowest BCUT2D eigenvalue weighted by molar-refractivity contribution is 0.659. The minimum absolute atomic E-state index is 0.366. The largest absolute Gasteiger partial charge is 0.291 e. The summed E-state index contributed by atoms with van der Waals surface area (Å²) >= 11 is 0. The Morgan fingerprint density at radius 1 is 2.00 bits per heavy atom. The van der Waals surface area contributed by atoms with E-state index in [1.165, 1.54) is 0 Å². The van der Waals surface area contributed by atoms with Gasteiger partial charge in [0.15, 0.2) is 0 Å². The molecule has 1 atom stereocenters. The van der Waals surface area contributed by atoms with Crippen LogP contribution in [-0.4, -0.2) is 18.9 Å². The highest BCUT2D eigenvalue weighted by Crippen LogP contribution is 1.84. The molecule has 0 aromatic heterocycles. The van der Waals surface area contributed by atoms with E-state index in [1.807, 2.05) is 13.1 Å². The van der Waals surface area contributed by atoms with Gasteiger partial charge in [-0.3, -0.25) is 10.3 Å². The SMILES string of the molecule is CC1N=CCN1. The van der Waals surface area contributed by atoms with Gasteiger partial charge in [-0.2, -0.15) is 0 Å². The van der Waals surface area contributed by atoms with E-state index in [-0.39, 0.29) is 0 Å². The minimum atomic E-state index is 0.366. The molecule has 2 heteroatoms. The van der Waals surface area contributed by atoms with Crippen molar-refractivity contribution in [1.82, 2.24) is 5.32 Å². The van der Waals surface area contributed by atoms with Gasteiger partial charge < -0.3 is 0 Å². The van der Waals surface area contributed by atoms with Gasteiger partial charge in [-0.1, -0.05) is 0 Å². The van der Waals surface area contributed by atoms with Crippen LogP contribution in [0.15, 0.2) is 4.99 Å².